The fourth-order valence-corrected chi connectivity index (χ4v) is 3.85. The second kappa shape index (κ2) is 6.74. The first kappa shape index (κ1) is 16.9. The number of rotatable bonds is 5. The third-order valence-corrected chi connectivity index (χ3v) is 5.51. The normalized spacial score (nSPS) is 27.2. The van der Waals surface area contributed by atoms with Gasteiger partial charge in [0.1, 0.15) is 17.7 Å². The second-order valence-corrected chi connectivity index (χ2v) is 7.38. The van der Waals surface area contributed by atoms with Gasteiger partial charge in [0.05, 0.1) is 30.3 Å². The molecule has 0 spiro atoms. The number of aliphatic imine (C=N–C) groups is 2. The Kier molecular flexibility index (Phi) is 4.07. The van der Waals surface area contributed by atoms with Gasteiger partial charge >= 0.3 is 0 Å². The fraction of sp³-hybridized carbons (Fsp3) is 0.182. The number of allylic oxidation sites excluding steroid dienone is 1. The number of anilines is 1. The molecule has 0 bridgehead atoms. The number of ether oxygens (including phenoxy) is 1. The van der Waals surface area contributed by atoms with Crippen LogP contribution in [0, 0.1) is 0 Å². The van der Waals surface area contributed by atoms with Gasteiger partial charge in [-0.3, -0.25) is 4.99 Å². The molecule has 5 rings (SSSR count). The molecule has 2 aromatic rings. The summed E-state index contributed by atoms with van der Waals surface area (Å²) in [6, 6.07) is 16.3. The lowest BCUT2D eigenvalue weighted by Gasteiger charge is -2.40. The highest BCUT2D eigenvalue weighted by Crippen LogP contribution is 2.39. The predicted molar refractivity (Wildman–Crippen MR) is 111 cm³/mol. The number of para-hydroxylation sites is 2. The van der Waals surface area contributed by atoms with Gasteiger partial charge in [-0.2, -0.15) is 0 Å². The number of hydrogen-bond donors (Lipinski definition) is 2. The first-order valence-corrected chi connectivity index (χ1v) is 9.46. The Balaban J connectivity index is 1.20. The number of quaternary nitrogens is 1. The molecule has 2 aliphatic heterocycles. The van der Waals surface area contributed by atoms with E-state index in [9.17, 15) is 0 Å². The summed E-state index contributed by atoms with van der Waals surface area (Å²) >= 11 is 0. The summed E-state index contributed by atoms with van der Waals surface area (Å²) in [7, 11) is 0. The van der Waals surface area contributed by atoms with Gasteiger partial charge < -0.3 is 10.5 Å². The van der Waals surface area contributed by atoms with Crippen LogP contribution >= 0.6 is 0 Å². The van der Waals surface area contributed by atoms with Gasteiger partial charge in [-0.15, -0.1) is 10.0 Å². The Morgan fingerprint density at radius 1 is 1.04 bits per heavy atom. The maximum Gasteiger partial charge on any atom is 0.219 e. The van der Waals surface area contributed by atoms with Crippen LogP contribution in [0.25, 0.3) is 0 Å². The van der Waals surface area contributed by atoms with Crippen molar-refractivity contribution in [2.45, 2.75) is 24.8 Å². The molecule has 1 aliphatic carbocycles. The third kappa shape index (κ3) is 3.02. The van der Waals surface area contributed by atoms with E-state index in [1.165, 1.54) is 5.56 Å². The van der Waals surface area contributed by atoms with Crippen LogP contribution in [0.15, 0.2) is 82.8 Å². The monoisotopic (exact) mass is 372 g/mol. The molecule has 2 aromatic carbocycles. The van der Waals surface area contributed by atoms with Gasteiger partial charge in [-0.25, -0.2) is 4.99 Å². The molecule has 6 heteroatoms. The fourth-order valence-electron chi connectivity index (χ4n) is 3.85. The van der Waals surface area contributed by atoms with Crippen molar-refractivity contribution in [2.75, 3.05) is 5.73 Å². The average Bonchev–Trinajstić information content (AvgIpc) is 3.11. The highest BCUT2D eigenvalue weighted by Gasteiger charge is 2.41. The first-order chi connectivity index (χ1) is 13.7. The van der Waals surface area contributed by atoms with Crippen LogP contribution in [0.5, 0.6) is 11.5 Å². The Bertz CT molecular complexity index is 1000. The van der Waals surface area contributed by atoms with Gasteiger partial charge in [-0.1, -0.05) is 24.3 Å². The summed E-state index contributed by atoms with van der Waals surface area (Å²) in [5.41, 5.74) is 12.7. The van der Waals surface area contributed by atoms with Crippen LogP contribution < -0.4 is 15.9 Å². The highest BCUT2D eigenvalue weighted by atomic mass is 16.5. The number of nitrogens with one attached hydrogen (secondary N) is 1. The van der Waals surface area contributed by atoms with Crippen molar-refractivity contribution >= 4 is 18.2 Å². The summed E-state index contributed by atoms with van der Waals surface area (Å²) in [6.07, 6.45) is 11.7. The topological polar surface area (TPSA) is 72.0 Å². The SMILES string of the molecule is Nc1ccccc1Oc1ccc(C2CC(N[N+]34C=CN=CC3=CN=C4)C2)cc1. The van der Waals surface area contributed by atoms with E-state index >= 15 is 0 Å². The number of nitrogens with zero attached hydrogens (tertiary/aromatic N) is 3. The number of fused-ring (bicyclic) bond motifs is 1. The molecule has 2 heterocycles. The van der Waals surface area contributed by atoms with E-state index in [1.54, 1.807) is 0 Å². The predicted octanol–water partition coefficient (Wildman–Crippen LogP) is 4.07. The molecule has 6 nitrogen and oxygen atoms in total. The minimum Gasteiger partial charge on any atom is -0.455 e. The summed E-state index contributed by atoms with van der Waals surface area (Å²) in [4.78, 5) is 8.49. The maximum absolute atomic E-state index is 5.95. The van der Waals surface area contributed by atoms with Gasteiger partial charge in [0.25, 0.3) is 0 Å². The molecule has 28 heavy (non-hydrogen) atoms. The Labute approximate surface area is 163 Å². The van der Waals surface area contributed by atoms with E-state index in [0.29, 0.717) is 28.0 Å². The Morgan fingerprint density at radius 2 is 1.86 bits per heavy atom. The number of nitrogen functional groups attached to an aromatic ring is 1. The Hall–Kier alpha value is -3.22. The maximum atomic E-state index is 5.95. The molecule has 3 aliphatic rings. The zero-order valence-electron chi connectivity index (χ0n) is 15.4. The summed E-state index contributed by atoms with van der Waals surface area (Å²) in [5.74, 6) is 2.04. The van der Waals surface area contributed by atoms with Crippen LogP contribution in [0.2, 0.25) is 0 Å². The molecule has 0 radical (unpaired) electrons. The van der Waals surface area contributed by atoms with E-state index in [1.807, 2.05) is 67.6 Å². The van der Waals surface area contributed by atoms with E-state index in [0.717, 1.165) is 24.3 Å². The lowest BCUT2D eigenvalue weighted by Crippen LogP contribution is -2.58. The van der Waals surface area contributed by atoms with Crippen molar-refractivity contribution in [3.63, 3.8) is 0 Å². The van der Waals surface area contributed by atoms with Crippen LogP contribution in [0.3, 0.4) is 0 Å². The molecular weight excluding hydrogens is 350 g/mol. The van der Waals surface area contributed by atoms with Crippen molar-refractivity contribution in [3.8, 4) is 11.5 Å². The van der Waals surface area contributed by atoms with E-state index < -0.39 is 0 Å². The standard InChI is InChI=1S/C22H22N5O/c23-21-3-1-2-4-22(21)28-20-7-5-16(6-8-20)17-11-18(12-17)26-27-10-9-24-13-19(27)14-25-15-27/h1-10,13-15,17-18,26H,11-12,23H2/q+1. The van der Waals surface area contributed by atoms with Crippen molar-refractivity contribution in [2.24, 2.45) is 9.98 Å². The first-order valence-electron chi connectivity index (χ1n) is 9.46. The molecule has 0 aromatic heterocycles. The summed E-state index contributed by atoms with van der Waals surface area (Å²) < 4.78 is 6.35. The quantitative estimate of drug-likeness (QED) is 0.614. The number of nitrogens with two attached hydrogens (primary N) is 1. The van der Waals surface area contributed by atoms with Crippen LogP contribution in [0.4, 0.5) is 5.69 Å². The van der Waals surface area contributed by atoms with Crippen LogP contribution in [0.1, 0.15) is 24.3 Å². The lowest BCUT2D eigenvalue weighted by molar-refractivity contribution is -0.788. The van der Waals surface area contributed by atoms with Crippen molar-refractivity contribution in [1.29, 1.82) is 0 Å². The van der Waals surface area contributed by atoms with Gasteiger partial charge in [-0.05, 0) is 48.6 Å². The zero-order valence-corrected chi connectivity index (χ0v) is 15.4. The minimum atomic E-state index is 0.439. The van der Waals surface area contributed by atoms with Gasteiger partial charge in [0.2, 0.25) is 6.34 Å². The molecule has 0 amide bonds. The molecule has 1 fully saturated rings. The molecular formula is C22H22N5O+. The highest BCUT2D eigenvalue weighted by molar-refractivity contribution is 5.81. The van der Waals surface area contributed by atoms with Gasteiger partial charge in [0, 0.05) is 0 Å². The summed E-state index contributed by atoms with van der Waals surface area (Å²) in [5, 5.41) is 0. The van der Waals surface area contributed by atoms with Crippen LogP contribution in [-0.4, -0.2) is 23.2 Å². The van der Waals surface area contributed by atoms with Crippen molar-refractivity contribution < 1.29 is 9.33 Å². The zero-order chi connectivity index (χ0) is 19.0. The minimum absolute atomic E-state index is 0.439. The average molecular weight is 372 g/mol. The third-order valence-electron chi connectivity index (χ3n) is 5.51. The van der Waals surface area contributed by atoms with Gasteiger partial charge in [0.15, 0.2) is 5.70 Å². The van der Waals surface area contributed by atoms with Crippen molar-refractivity contribution in [1.82, 2.24) is 5.43 Å². The molecule has 140 valence electrons. The van der Waals surface area contributed by atoms with E-state index in [2.05, 4.69) is 27.5 Å². The Morgan fingerprint density at radius 3 is 2.68 bits per heavy atom. The smallest absolute Gasteiger partial charge is 0.219 e. The molecule has 3 N–H and O–H groups in total. The molecule has 1 saturated carbocycles. The van der Waals surface area contributed by atoms with E-state index in [-0.39, 0.29) is 0 Å². The molecule has 1 atom stereocenters. The van der Waals surface area contributed by atoms with Crippen LogP contribution in [-0.2, 0) is 0 Å². The number of benzene rings is 2. The summed E-state index contributed by atoms with van der Waals surface area (Å²) in [6.45, 7) is 0. The lowest BCUT2D eigenvalue weighted by atomic mass is 9.76. The number of hydrogen-bond acceptors (Lipinski definition) is 5. The molecule has 1 unspecified atom stereocenters. The second-order valence-electron chi connectivity index (χ2n) is 7.38. The largest absolute Gasteiger partial charge is 0.455 e. The van der Waals surface area contributed by atoms with E-state index in [4.69, 9.17) is 10.5 Å². The van der Waals surface area contributed by atoms with Crippen molar-refractivity contribution in [3.05, 3.63) is 78.4 Å². The molecule has 0 saturated heterocycles.